The highest BCUT2D eigenvalue weighted by atomic mass is 16.3. The summed E-state index contributed by atoms with van der Waals surface area (Å²) in [4.78, 5) is 0. The van der Waals surface area contributed by atoms with Crippen molar-refractivity contribution in [1.29, 1.82) is 0 Å². The van der Waals surface area contributed by atoms with E-state index in [1.165, 1.54) is 0 Å². The third kappa shape index (κ3) is 0.961. The van der Waals surface area contributed by atoms with E-state index in [-0.39, 0.29) is 0 Å². The molecule has 0 atom stereocenters. The SMILES string of the molecule is Cc1cc2cc(N)cc(C)c2o1. The van der Waals surface area contributed by atoms with Gasteiger partial charge in [0, 0.05) is 11.1 Å². The van der Waals surface area contributed by atoms with Crippen molar-refractivity contribution in [1.82, 2.24) is 0 Å². The molecule has 2 N–H and O–H groups in total. The number of aryl methyl sites for hydroxylation is 2. The molecule has 0 fully saturated rings. The summed E-state index contributed by atoms with van der Waals surface area (Å²) in [6, 6.07) is 5.85. The van der Waals surface area contributed by atoms with Gasteiger partial charge in [-0.1, -0.05) is 0 Å². The molecule has 2 aromatic rings. The summed E-state index contributed by atoms with van der Waals surface area (Å²) in [5.41, 5.74) is 8.53. The van der Waals surface area contributed by atoms with E-state index in [0.717, 1.165) is 28.0 Å². The van der Waals surface area contributed by atoms with Crippen LogP contribution < -0.4 is 5.73 Å². The fourth-order valence-corrected chi connectivity index (χ4v) is 1.49. The van der Waals surface area contributed by atoms with E-state index >= 15 is 0 Å². The maximum atomic E-state index is 5.69. The Balaban J connectivity index is 2.88. The molecule has 0 unspecified atom stereocenters. The van der Waals surface area contributed by atoms with Gasteiger partial charge in [0.2, 0.25) is 0 Å². The van der Waals surface area contributed by atoms with Gasteiger partial charge < -0.3 is 10.2 Å². The summed E-state index contributed by atoms with van der Waals surface area (Å²) in [6.07, 6.45) is 0. The van der Waals surface area contributed by atoms with Crippen molar-refractivity contribution in [2.45, 2.75) is 13.8 Å². The lowest BCUT2D eigenvalue weighted by Crippen LogP contribution is -1.84. The minimum absolute atomic E-state index is 0.792. The molecular weight excluding hydrogens is 150 g/mol. The van der Waals surface area contributed by atoms with Crippen molar-refractivity contribution < 1.29 is 4.42 Å². The molecule has 12 heavy (non-hydrogen) atoms. The molecule has 0 aliphatic carbocycles. The number of fused-ring (bicyclic) bond motifs is 1. The summed E-state index contributed by atoms with van der Waals surface area (Å²) >= 11 is 0. The van der Waals surface area contributed by atoms with Gasteiger partial charge in [0.15, 0.2) is 0 Å². The van der Waals surface area contributed by atoms with Crippen LogP contribution in [0, 0.1) is 13.8 Å². The Kier molecular flexibility index (Phi) is 1.37. The smallest absolute Gasteiger partial charge is 0.137 e. The molecule has 2 rings (SSSR count). The molecule has 0 spiro atoms. The Bertz CT molecular complexity index is 429. The molecule has 2 heteroatoms. The lowest BCUT2D eigenvalue weighted by molar-refractivity contribution is 0.576. The second kappa shape index (κ2) is 2.27. The van der Waals surface area contributed by atoms with Crippen molar-refractivity contribution in [3.63, 3.8) is 0 Å². The van der Waals surface area contributed by atoms with Crippen molar-refractivity contribution in [2.75, 3.05) is 5.73 Å². The number of furan rings is 1. The van der Waals surface area contributed by atoms with E-state index < -0.39 is 0 Å². The van der Waals surface area contributed by atoms with Crippen LogP contribution in [0.15, 0.2) is 22.6 Å². The minimum atomic E-state index is 0.792. The van der Waals surface area contributed by atoms with Crippen LogP contribution in [0.25, 0.3) is 11.0 Å². The van der Waals surface area contributed by atoms with E-state index in [4.69, 9.17) is 10.2 Å². The first-order chi connectivity index (χ1) is 5.66. The first-order valence-corrected chi connectivity index (χ1v) is 3.93. The summed E-state index contributed by atoms with van der Waals surface area (Å²) in [5.74, 6) is 0.929. The van der Waals surface area contributed by atoms with Crippen LogP contribution in [-0.4, -0.2) is 0 Å². The van der Waals surface area contributed by atoms with Crippen LogP contribution in [0.2, 0.25) is 0 Å². The maximum Gasteiger partial charge on any atom is 0.137 e. The summed E-state index contributed by atoms with van der Waals surface area (Å²) < 4.78 is 5.50. The summed E-state index contributed by atoms with van der Waals surface area (Å²) in [5, 5.41) is 1.09. The standard InChI is InChI=1S/C10H11NO/c1-6-3-9(11)5-8-4-7(2)12-10(6)8/h3-5H,11H2,1-2H3. The van der Waals surface area contributed by atoms with Crippen LogP contribution in [0.4, 0.5) is 5.69 Å². The van der Waals surface area contributed by atoms with Crippen LogP contribution in [0.1, 0.15) is 11.3 Å². The molecule has 0 bridgehead atoms. The lowest BCUT2D eigenvalue weighted by Gasteiger charge is -1.96. The Hall–Kier alpha value is -1.44. The molecule has 1 aromatic heterocycles. The average molecular weight is 161 g/mol. The Morgan fingerprint density at radius 1 is 1.17 bits per heavy atom. The van der Waals surface area contributed by atoms with Crippen LogP contribution in [0.5, 0.6) is 0 Å². The topological polar surface area (TPSA) is 39.2 Å². The Morgan fingerprint density at radius 2 is 1.92 bits per heavy atom. The fraction of sp³-hybridized carbons (Fsp3) is 0.200. The molecule has 1 heterocycles. The summed E-state index contributed by atoms with van der Waals surface area (Å²) in [6.45, 7) is 3.94. The van der Waals surface area contributed by atoms with Gasteiger partial charge >= 0.3 is 0 Å². The molecule has 0 aliphatic heterocycles. The number of benzene rings is 1. The Labute approximate surface area is 71.0 Å². The van der Waals surface area contributed by atoms with E-state index in [1.54, 1.807) is 0 Å². The largest absolute Gasteiger partial charge is 0.461 e. The van der Waals surface area contributed by atoms with E-state index in [0.29, 0.717) is 0 Å². The highest BCUT2D eigenvalue weighted by molar-refractivity contribution is 5.84. The second-order valence-corrected chi connectivity index (χ2v) is 3.11. The molecular formula is C10H11NO. The van der Waals surface area contributed by atoms with Crippen molar-refractivity contribution in [2.24, 2.45) is 0 Å². The predicted molar refractivity (Wildman–Crippen MR) is 50.1 cm³/mol. The zero-order valence-corrected chi connectivity index (χ0v) is 7.22. The van der Waals surface area contributed by atoms with Gasteiger partial charge in [-0.3, -0.25) is 0 Å². The van der Waals surface area contributed by atoms with Gasteiger partial charge in [0.1, 0.15) is 11.3 Å². The van der Waals surface area contributed by atoms with Crippen LogP contribution in [-0.2, 0) is 0 Å². The fourth-order valence-electron chi connectivity index (χ4n) is 1.49. The highest BCUT2D eigenvalue weighted by Crippen LogP contribution is 2.24. The first-order valence-electron chi connectivity index (χ1n) is 3.93. The molecule has 2 nitrogen and oxygen atoms in total. The molecule has 0 amide bonds. The van der Waals surface area contributed by atoms with E-state index in [1.807, 2.05) is 32.0 Å². The molecule has 0 radical (unpaired) electrons. The van der Waals surface area contributed by atoms with Crippen molar-refractivity contribution >= 4 is 16.7 Å². The van der Waals surface area contributed by atoms with Gasteiger partial charge in [-0.05, 0) is 37.6 Å². The molecule has 0 aliphatic rings. The van der Waals surface area contributed by atoms with Gasteiger partial charge in [-0.2, -0.15) is 0 Å². The quantitative estimate of drug-likeness (QED) is 0.603. The van der Waals surface area contributed by atoms with E-state index in [9.17, 15) is 0 Å². The number of hydrogen-bond donors (Lipinski definition) is 1. The van der Waals surface area contributed by atoms with Crippen molar-refractivity contribution in [3.8, 4) is 0 Å². The molecule has 0 saturated carbocycles. The first kappa shape index (κ1) is 7.22. The summed E-state index contributed by atoms with van der Waals surface area (Å²) in [7, 11) is 0. The normalized spacial score (nSPS) is 10.8. The predicted octanol–water partition coefficient (Wildman–Crippen LogP) is 2.63. The third-order valence-electron chi connectivity index (χ3n) is 1.95. The van der Waals surface area contributed by atoms with Gasteiger partial charge in [-0.25, -0.2) is 0 Å². The lowest BCUT2D eigenvalue weighted by atomic mass is 10.1. The number of nitrogen functional groups attached to an aromatic ring is 1. The van der Waals surface area contributed by atoms with Gasteiger partial charge in [0.25, 0.3) is 0 Å². The molecule has 62 valence electrons. The second-order valence-electron chi connectivity index (χ2n) is 3.11. The average Bonchev–Trinajstić information content (AvgIpc) is 2.29. The zero-order chi connectivity index (χ0) is 8.72. The van der Waals surface area contributed by atoms with Crippen molar-refractivity contribution in [3.05, 3.63) is 29.5 Å². The number of anilines is 1. The molecule has 1 aromatic carbocycles. The number of hydrogen-bond acceptors (Lipinski definition) is 2. The maximum absolute atomic E-state index is 5.69. The minimum Gasteiger partial charge on any atom is -0.461 e. The number of rotatable bonds is 0. The van der Waals surface area contributed by atoms with Crippen LogP contribution >= 0.6 is 0 Å². The van der Waals surface area contributed by atoms with Crippen LogP contribution in [0.3, 0.4) is 0 Å². The third-order valence-corrected chi connectivity index (χ3v) is 1.95. The highest BCUT2D eigenvalue weighted by Gasteiger charge is 2.03. The monoisotopic (exact) mass is 161 g/mol. The number of nitrogens with two attached hydrogens (primary N) is 1. The van der Waals surface area contributed by atoms with E-state index in [2.05, 4.69) is 0 Å². The van der Waals surface area contributed by atoms with Gasteiger partial charge in [-0.15, -0.1) is 0 Å². The zero-order valence-electron chi connectivity index (χ0n) is 7.22. The Morgan fingerprint density at radius 3 is 2.67 bits per heavy atom. The van der Waals surface area contributed by atoms with Gasteiger partial charge in [0.05, 0.1) is 0 Å². The molecule has 0 saturated heterocycles.